The first-order chi connectivity index (χ1) is 4.54. The second-order valence-electron chi connectivity index (χ2n) is 1.82. The summed E-state index contributed by atoms with van der Waals surface area (Å²) in [4.78, 5) is 0. The van der Waals surface area contributed by atoms with E-state index in [4.69, 9.17) is 0 Å². The van der Waals surface area contributed by atoms with E-state index in [9.17, 15) is 17.6 Å². The Morgan fingerprint density at radius 2 is 2.00 bits per heavy atom. The lowest BCUT2D eigenvalue weighted by Crippen LogP contribution is -2.27. The summed E-state index contributed by atoms with van der Waals surface area (Å²) in [6.45, 7) is 1.64. The standard InChI is InChI=1S/C6H8F4/c1-2-6(9,10)5(8)3-4-7/h2,5H,1,3-4H2. The van der Waals surface area contributed by atoms with Crippen LogP contribution in [0.5, 0.6) is 0 Å². The minimum absolute atomic E-state index is 0.188. The van der Waals surface area contributed by atoms with Crippen molar-refractivity contribution >= 4 is 0 Å². The van der Waals surface area contributed by atoms with Crippen molar-refractivity contribution in [3.05, 3.63) is 12.7 Å². The zero-order valence-electron chi connectivity index (χ0n) is 5.29. The van der Waals surface area contributed by atoms with Gasteiger partial charge in [0.1, 0.15) is 0 Å². The van der Waals surface area contributed by atoms with Gasteiger partial charge >= 0.3 is 0 Å². The smallest absolute Gasteiger partial charge is 0.251 e. The molecule has 0 aromatic carbocycles. The lowest BCUT2D eigenvalue weighted by Gasteiger charge is -2.14. The van der Waals surface area contributed by atoms with E-state index in [0.29, 0.717) is 0 Å². The molecule has 10 heavy (non-hydrogen) atoms. The maximum Gasteiger partial charge on any atom is 0.296 e. The molecule has 0 bridgehead atoms. The fraction of sp³-hybridized carbons (Fsp3) is 0.667. The largest absolute Gasteiger partial charge is 0.296 e. The van der Waals surface area contributed by atoms with E-state index < -0.39 is 25.2 Å². The van der Waals surface area contributed by atoms with E-state index >= 15 is 0 Å². The van der Waals surface area contributed by atoms with Crippen LogP contribution < -0.4 is 0 Å². The Labute approximate surface area is 56.5 Å². The first kappa shape index (κ1) is 9.46. The average molecular weight is 156 g/mol. The first-order valence-corrected chi connectivity index (χ1v) is 2.76. The zero-order valence-corrected chi connectivity index (χ0v) is 5.29. The molecule has 0 aromatic heterocycles. The second kappa shape index (κ2) is 3.58. The van der Waals surface area contributed by atoms with Crippen LogP contribution in [-0.2, 0) is 0 Å². The van der Waals surface area contributed by atoms with Crippen molar-refractivity contribution in [2.75, 3.05) is 6.67 Å². The molecule has 0 spiro atoms. The predicted octanol–water partition coefficient (Wildman–Crippen LogP) is 2.51. The molecule has 4 heteroatoms. The molecule has 0 N–H and O–H groups in total. The van der Waals surface area contributed by atoms with Crippen LogP contribution in [0.4, 0.5) is 17.6 Å². The molecule has 0 heterocycles. The normalized spacial score (nSPS) is 14.8. The van der Waals surface area contributed by atoms with Crippen molar-refractivity contribution in [3.8, 4) is 0 Å². The fourth-order valence-electron chi connectivity index (χ4n) is 0.416. The Kier molecular flexibility index (Phi) is 3.39. The average Bonchev–Trinajstić information content (AvgIpc) is 1.89. The highest BCUT2D eigenvalue weighted by molar-refractivity contribution is 4.92. The van der Waals surface area contributed by atoms with Gasteiger partial charge in [-0.25, -0.2) is 4.39 Å². The molecular weight excluding hydrogens is 148 g/mol. The first-order valence-electron chi connectivity index (χ1n) is 2.76. The Balaban J connectivity index is 3.90. The molecule has 0 amide bonds. The molecule has 0 aliphatic rings. The van der Waals surface area contributed by atoms with Crippen LogP contribution in [0.15, 0.2) is 12.7 Å². The van der Waals surface area contributed by atoms with E-state index in [1.807, 2.05) is 0 Å². The molecule has 1 atom stereocenters. The van der Waals surface area contributed by atoms with Crippen molar-refractivity contribution < 1.29 is 17.6 Å². The molecule has 0 rings (SSSR count). The van der Waals surface area contributed by atoms with E-state index in [1.54, 1.807) is 0 Å². The fourth-order valence-corrected chi connectivity index (χ4v) is 0.416. The van der Waals surface area contributed by atoms with Gasteiger partial charge in [-0.15, -0.1) is 0 Å². The van der Waals surface area contributed by atoms with Gasteiger partial charge in [0, 0.05) is 6.42 Å². The van der Waals surface area contributed by atoms with Crippen LogP contribution in [0, 0.1) is 0 Å². The summed E-state index contributed by atoms with van der Waals surface area (Å²) in [6.07, 6.45) is -3.04. The minimum Gasteiger partial charge on any atom is -0.251 e. The summed E-state index contributed by atoms with van der Waals surface area (Å²) in [5.41, 5.74) is 0. The van der Waals surface area contributed by atoms with Crippen molar-refractivity contribution in [3.63, 3.8) is 0 Å². The van der Waals surface area contributed by atoms with Crippen molar-refractivity contribution in [1.29, 1.82) is 0 Å². The molecule has 0 radical (unpaired) electrons. The summed E-state index contributed by atoms with van der Waals surface area (Å²) in [6, 6.07) is 0. The molecule has 1 unspecified atom stereocenters. The monoisotopic (exact) mass is 156 g/mol. The Bertz CT molecular complexity index is 110. The highest BCUT2D eigenvalue weighted by Gasteiger charge is 2.35. The van der Waals surface area contributed by atoms with Crippen molar-refractivity contribution in [2.24, 2.45) is 0 Å². The molecule has 60 valence electrons. The minimum atomic E-state index is -3.59. The number of alkyl halides is 4. The van der Waals surface area contributed by atoms with Gasteiger partial charge in [-0.2, -0.15) is 8.78 Å². The Hall–Kier alpha value is -0.540. The molecule has 0 nitrogen and oxygen atoms in total. The quantitative estimate of drug-likeness (QED) is 0.433. The number of hydrogen-bond donors (Lipinski definition) is 0. The highest BCUT2D eigenvalue weighted by atomic mass is 19.3. The lowest BCUT2D eigenvalue weighted by atomic mass is 10.1. The molecule has 0 aromatic rings. The van der Waals surface area contributed by atoms with Gasteiger partial charge in [0.25, 0.3) is 5.92 Å². The summed E-state index contributed by atoms with van der Waals surface area (Å²) in [5.74, 6) is -3.59. The number of allylic oxidation sites excluding steroid dienone is 1. The summed E-state index contributed by atoms with van der Waals surface area (Å²) in [7, 11) is 0. The van der Waals surface area contributed by atoms with Gasteiger partial charge in [0.05, 0.1) is 6.67 Å². The van der Waals surface area contributed by atoms with E-state index in [2.05, 4.69) is 6.58 Å². The third-order valence-electron chi connectivity index (χ3n) is 1.05. The Morgan fingerprint density at radius 3 is 2.30 bits per heavy atom. The van der Waals surface area contributed by atoms with Crippen LogP contribution >= 0.6 is 0 Å². The van der Waals surface area contributed by atoms with E-state index in [-0.39, 0.29) is 6.08 Å². The molecule has 0 fully saturated rings. The molecule has 0 aliphatic heterocycles. The van der Waals surface area contributed by atoms with Gasteiger partial charge in [0.15, 0.2) is 6.17 Å². The molecular formula is C6H8F4. The Morgan fingerprint density at radius 1 is 1.50 bits per heavy atom. The van der Waals surface area contributed by atoms with Gasteiger partial charge in [-0.05, 0) is 6.08 Å². The van der Waals surface area contributed by atoms with Crippen LogP contribution in [0.2, 0.25) is 0 Å². The van der Waals surface area contributed by atoms with E-state index in [0.717, 1.165) is 0 Å². The van der Waals surface area contributed by atoms with Gasteiger partial charge in [-0.3, -0.25) is 4.39 Å². The van der Waals surface area contributed by atoms with Gasteiger partial charge in [-0.1, -0.05) is 6.58 Å². The topological polar surface area (TPSA) is 0 Å². The summed E-state index contributed by atoms with van der Waals surface area (Å²) in [5, 5.41) is 0. The maximum absolute atomic E-state index is 12.1. The lowest BCUT2D eigenvalue weighted by molar-refractivity contribution is -0.0324. The second-order valence-corrected chi connectivity index (χ2v) is 1.82. The number of rotatable bonds is 4. The number of halogens is 4. The van der Waals surface area contributed by atoms with Crippen LogP contribution in [0.1, 0.15) is 6.42 Å². The van der Waals surface area contributed by atoms with Crippen LogP contribution in [0.3, 0.4) is 0 Å². The zero-order chi connectivity index (χ0) is 8.20. The number of hydrogen-bond acceptors (Lipinski definition) is 0. The SMILES string of the molecule is C=CC(F)(F)C(F)CCF. The van der Waals surface area contributed by atoms with Crippen molar-refractivity contribution in [1.82, 2.24) is 0 Å². The summed E-state index contributed by atoms with van der Waals surface area (Å²) < 4.78 is 47.6. The highest BCUT2D eigenvalue weighted by Crippen LogP contribution is 2.24. The van der Waals surface area contributed by atoms with E-state index in [1.165, 1.54) is 0 Å². The van der Waals surface area contributed by atoms with Gasteiger partial charge in [0.2, 0.25) is 0 Å². The van der Waals surface area contributed by atoms with Crippen molar-refractivity contribution in [2.45, 2.75) is 18.5 Å². The van der Waals surface area contributed by atoms with Crippen LogP contribution in [0.25, 0.3) is 0 Å². The van der Waals surface area contributed by atoms with Crippen LogP contribution in [-0.4, -0.2) is 18.8 Å². The third-order valence-corrected chi connectivity index (χ3v) is 1.05. The molecule has 0 saturated carbocycles. The predicted molar refractivity (Wildman–Crippen MR) is 30.6 cm³/mol. The maximum atomic E-state index is 12.1. The summed E-state index contributed by atoms with van der Waals surface area (Å²) >= 11 is 0. The molecule has 0 aliphatic carbocycles. The third kappa shape index (κ3) is 2.37. The molecule has 0 saturated heterocycles. The van der Waals surface area contributed by atoms with Gasteiger partial charge < -0.3 is 0 Å².